The molecule has 18 heteroatoms. The van der Waals surface area contributed by atoms with Gasteiger partial charge in [-0.15, -0.1) is 8.78 Å². The lowest BCUT2D eigenvalue weighted by atomic mass is 9.98. The zero-order chi connectivity index (χ0) is 20.2. The summed E-state index contributed by atoms with van der Waals surface area (Å²) in [5, 5.41) is -7.41. The molecule has 0 spiro atoms. The normalized spacial score (nSPS) is 18.5. The summed E-state index contributed by atoms with van der Waals surface area (Å²) in [6.07, 6.45) is -7.59. The van der Waals surface area contributed by atoms with E-state index in [4.69, 9.17) is 0 Å². The molecule has 0 amide bonds. The monoisotopic (exact) mass is 415 g/mol. The summed E-state index contributed by atoms with van der Waals surface area (Å²) in [6.45, 7) is 0. The molecule has 0 fully saturated rings. The predicted octanol–water partition coefficient (Wildman–Crippen LogP) is 3.33. The first-order valence-corrected chi connectivity index (χ1v) is 6.05. The van der Waals surface area contributed by atoms with Crippen molar-refractivity contribution in [2.24, 2.45) is 5.90 Å². The predicted molar refractivity (Wildman–Crippen MR) is 44.8 cm³/mol. The molecule has 0 saturated heterocycles. The minimum Gasteiger partial charge on any atom is -0.192 e. The van der Waals surface area contributed by atoms with Crippen molar-refractivity contribution >= 4 is 10.5 Å². The average molecular weight is 415 g/mol. The van der Waals surface area contributed by atoms with Crippen LogP contribution in [0.1, 0.15) is 0 Å². The quantitative estimate of drug-likeness (QED) is 0.411. The van der Waals surface area contributed by atoms with E-state index in [9.17, 15) is 65.8 Å². The highest BCUT2D eigenvalue weighted by atomic mass is 32.3. The molecule has 1 radical (unpaired) electrons. The Morgan fingerprint density at radius 1 is 0.625 bits per heavy atom. The Hall–Kier alpha value is -0.880. The molecule has 0 rings (SSSR count). The van der Waals surface area contributed by atoms with Crippen molar-refractivity contribution in [3.63, 3.8) is 0 Å². The van der Waals surface area contributed by atoms with Gasteiger partial charge in [0.2, 0.25) is 0 Å². The fourth-order valence-corrected chi connectivity index (χ4v) is 1.54. The minimum absolute atomic E-state index is 2.20. The standard InChI is InChI=1S/C6H2F13NO3S/c7-1(8,3(11,12)5(15,16)17)2(9,10)4(13,14)6(18,19)24(21,22)23-20/h20H2/q+1. The van der Waals surface area contributed by atoms with Gasteiger partial charge in [0.15, 0.2) is 0 Å². The molecule has 2 N–H and O–H groups in total. The van der Waals surface area contributed by atoms with Gasteiger partial charge < -0.3 is 0 Å². The fourth-order valence-electron chi connectivity index (χ4n) is 0.973. The van der Waals surface area contributed by atoms with Gasteiger partial charge in [-0.2, -0.15) is 54.2 Å². The van der Waals surface area contributed by atoms with Gasteiger partial charge in [-0.25, -0.2) is 0 Å². The Morgan fingerprint density at radius 2 is 0.917 bits per heavy atom. The van der Waals surface area contributed by atoms with Crippen molar-refractivity contribution in [1.82, 2.24) is 0 Å². The summed E-state index contributed by atoms with van der Waals surface area (Å²) in [5.74, 6) is -28.8. The Morgan fingerprint density at radius 3 is 1.17 bits per heavy atom. The Kier molecular flexibility index (Phi) is 5.36. The van der Waals surface area contributed by atoms with E-state index in [-0.39, 0.29) is 0 Å². The van der Waals surface area contributed by atoms with E-state index in [0.717, 1.165) is 0 Å². The molecule has 24 heavy (non-hydrogen) atoms. The molecule has 1 unspecified atom stereocenters. The number of alkyl halides is 13. The summed E-state index contributed by atoms with van der Waals surface area (Å²) in [7, 11) is -7.32. The second-order valence-corrected chi connectivity index (χ2v) is 5.48. The van der Waals surface area contributed by atoms with Crippen molar-refractivity contribution in [2.45, 2.75) is 35.1 Å². The SMILES string of the molecule is NO[S+]([O])(=O)C(F)(F)C(F)(F)C(F)(F)C(F)(F)C(F)(F)C(F)(F)F. The van der Waals surface area contributed by atoms with Crippen LogP contribution < -0.4 is 5.90 Å². The number of halogens is 13. The third-order valence-corrected chi connectivity index (χ3v) is 3.48. The van der Waals surface area contributed by atoms with Gasteiger partial charge in [0, 0.05) is 0 Å². The molecule has 0 aromatic rings. The van der Waals surface area contributed by atoms with E-state index >= 15 is 0 Å². The van der Waals surface area contributed by atoms with Crippen molar-refractivity contribution in [3.8, 4) is 0 Å². The van der Waals surface area contributed by atoms with Gasteiger partial charge in [0.05, 0.1) is 4.55 Å². The van der Waals surface area contributed by atoms with E-state index in [1.807, 2.05) is 0 Å². The lowest BCUT2D eigenvalue weighted by Gasteiger charge is -2.37. The summed E-state index contributed by atoms with van der Waals surface area (Å²) in [6, 6.07) is 0. The van der Waals surface area contributed by atoms with Crippen molar-refractivity contribution in [3.05, 3.63) is 0 Å². The molecule has 0 aliphatic carbocycles. The molecule has 0 saturated carbocycles. The lowest BCUT2D eigenvalue weighted by Crippen LogP contribution is -2.71. The van der Waals surface area contributed by atoms with Gasteiger partial charge >= 0.3 is 45.6 Å². The molecule has 0 aromatic heterocycles. The summed E-state index contributed by atoms with van der Waals surface area (Å²) in [4.78, 5) is 0. The first kappa shape index (κ1) is 23.1. The molecular formula is C6H2F13NO3S+. The third kappa shape index (κ3) is 2.71. The first-order valence-electron chi connectivity index (χ1n) is 4.65. The lowest BCUT2D eigenvalue weighted by molar-refractivity contribution is -0.434. The maximum Gasteiger partial charge on any atom is 0.550 e. The molecule has 0 heterocycles. The van der Waals surface area contributed by atoms with Gasteiger partial charge in [-0.05, 0) is 8.49 Å². The molecule has 0 bridgehead atoms. The molecular weight excluding hydrogens is 413 g/mol. The molecule has 145 valence electrons. The number of hydrogen-bond acceptors (Lipinski definition) is 3. The van der Waals surface area contributed by atoms with Crippen molar-refractivity contribution < 1.29 is 70.1 Å². The number of nitrogens with two attached hydrogens (primary N) is 1. The Bertz CT molecular complexity index is 528. The van der Waals surface area contributed by atoms with Crippen LogP contribution in [0, 0.1) is 0 Å². The van der Waals surface area contributed by atoms with Crippen LogP contribution in [0.15, 0.2) is 0 Å². The third-order valence-electron chi connectivity index (χ3n) is 2.35. The topological polar surface area (TPSA) is 72.2 Å². The molecule has 0 aliphatic heterocycles. The molecule has 0 aliphatic rings. The van der Waals surface area contributed by atoms with Crippen LogP contribution >= 0.6 is 0 Å². The van der Waals surface area contributed by atoms with E-state index < -0.39 is 45.6 Å². The highest BCUT2D eigenvalue weighted by molar-refractivity contribution is 7.94. The van der Waals surface area contributed by atoms with Crippen LogP contribution in [-0.2, 0) is 23.5 Å². The largest absolute Gasteiger partial charge is 0.550 e. The van der Waals surface area contributed by atoms with Gasteiger partial charge in [0.1, 0.15) is 0 Å². The van der Waals surface area contributed by atoms with Crippen LogP contribution in [-0.4, -0.2) is 35.1 Å². The van der Waals surface area contributed by atoms with Gasteiger partial charge in [-0.3, -0.25) is 0 Å². The van der Waals surface area contributed by atoms with Crippen LogP contribution in [0.4, 0.5) is 57.1 Å². The Labute approximate surface area is 123 Å². The second-order valence-electron chi connectivity index (χ2n) is 3.86. The van der Waals surface area contributed by atoms with Crippen LogP contribution in [0.25, 0.3) is 0 Å². The fraction of sp³-hybridized carbons (Fsp3) is 1.00. The number of hydrogen-bond donors (Lipinski definition) is 1. The van der Waals surface area contributed by atoms with Crippen LogP contribution in [0.3, 0.4) is 0 Å². The average Bonchev–Trinajstić information content (AvgIpc) is 2.36. The maximum absolute atomic E-state index is 12.9. The first-order chi connectivity index (χ1) is 10.1. The van der Waals surface area contributed by atoms with Crippen molar-refractivity contribution in [2.75, 3.05) is 0 Å². The van der Waals surface area contributed by atoms with Gasteiger partial charge in [0.25, 0.3) is 0 Å². The highest BCUT2D eigenvalue weighted by Crippen LogP contribution is 2.61. The van der Waals surface area contributed by atoms with E-state index in [1.54, 1.807) is 0 Å². The highest BCUT2D eigenvalue weighted by Gasteiger charge is 2.96. The molecule has 1 atom stereocenters. The van der Waals surface area contributed by atoms with Gasteiger partial charge in [-0.1, -0.05) is 0 Å². The molecule has 4 nitrogen and oxygen atoms in total. The molecule has 0 aromatic carbocycles. The van der Waals surface area contributed by atoms with E-state index in [2.05, 4.69) is 10.2 Å². The zero-order valence-corrected chi connectivity index (χ0v) is 10.9. The smallest absolute Gasteiger partial charge is 0.192 e. The van der Waals surface area contributed by atoms with E-state index in [1.165, 1.54) is 0 Å². The van der Waals surface area contributed by atoms with E-state index in [0.29, 0.717) is 0 Å². The Balaban J connectivity index is 6.47. The minimum atomic E-state index is -8.23. The van der Waals surface area contributed by atoms with Crippen molar-refractivity contribution in [1.29, 1.82) is 0 Å². The summed E-state index contributed by atoms with van der Waals surface area (Å²) in [5.41, 5.74) is 0. The maximum atomic E-state index is 12.9. The van der Waals surface area contributed by atoms with Crippen LogP contribution in [0.5, 0.6) is 0 Å². The second kappa shape index (κ2) is 5.56. The summed E-state index contributed by atoms with van der Waals surface area (Å²) >= 11 is 0. The number of rotatable bonds is 6. The zero-order valence-electron chi connectivity index (χ0n) is 10.1. The summed E-state index contributed by atoms with van der Waals surface area (Å²) < 4.78 is 185. The van der Waals surface area contributed by atoms with Crippen LogP contribution in [0.2, 0.25) is 0 Å².